The molecule has 57 heavy (non-hydrogen) atoms. The van der Waals surface area contributed by atoms with Crippen molar-refractivity contribution in [2.75, 3.05) is 19.8 Å². The lowest BCUT2D eigenvalue weighted by atomic mass is 10.0. The Morgan fingerprint density at radius 2 is 0.877 bits per heavy atom. The summed E-state index contributed by atoms with van der Waals surface area (Å²) >= 11 is 0. The molecule has 0 fully saturated rings. The van der Waals surface area contributed by atoms with E-state index < -0.39 is 51.1 Å². The van der Waals surface area contributed by atoms with Gasteiger partial charge in [0.1, 0.15) is 12.6 Å². The standard InChI is InChI=1S/C45H86NO10P/c1-3-5-7-9-11-13-15-17-19-20-21-23-24-26-28-30-32-34-36-43(47)53-38-41(39-54-57(51,52)55-40-42(46)45(49)50)56-44(48)37-35-33-31-29-27-25-22-18-16-14-12-10-8-6-4-2/h18,22,41-42H,3-17,19-21,23-40,46H2,1-2H3,(H,49,50)(H,51,52)/b22-18-. The van der Waals surface area contributed by atoms with Gasteiger partial charge in [-0.25, -0.2) is 4.57 Å². The van der Waals surface area contributed by atoms with Gasteiger partial charge in [0.05, 0.1) is 13.2 Å². The zero-order chi connectivity index (χ0) is 42.1. The summed E-state index contributed by atoms with van der Waals surface area (Å²) in [5.74, 6) is -2.37. The van der Waals surface area contributed by atoms with Gasteiger partial charge in [-0.3, -0.25) is 23.4 Å². The van der Waals surface area contributed by atoms with Crippen molar-refractivity contribution in [2.24, 2.45) is 5.73 Å². The molecule has 3 atom stereocenters. The summed E-state index contributed by atoms with van der Waals surface area (Å²) < 4.78 is 32.7. The molecule has 0 saturated heterocycles. The number of esters is 2. The summed E-state index contributed by atoms with van der Waals surface area (Å²) in [5, 5.41) is 8.89. The van der Waals surface area contributed by atoms with E-state index in [1.807, 2.05) is 0 Å². The number of carboxylic acid groups (broad SMARTS) is 1. The van der Waals surface area contributed by atoms with Gasteiger partial charge in [-0.2, -0.15) is 0 Å². The Morgan fingerprint density at radius 1 is 0.526 bits per heavy atom. The fraction of sp³-hybridized carbons (Fsp3) is 0.889. The topological polar surface area (TPSA) is 172 Å². The number of ether oxygens (including phenoxy) is 2. The van der Waals surface area contributed by atoms with Gasteiger partial charge in [0.2, 0.25) is 0 Å². The first-order valence-electron chi connectivity index (χ1n) is 23.2. The normalized spacial score (nSPS) is 13.8. The average Bonchev–Trinajstić information content (AvgIpc) is 3.19. The van der Waals surface area contributed by atoms with Crippen molar-refractivity contribution in [1.82, 2.24) is 0 Å². The van der Waals surface area contributed by atoms with Gasteiger partial charge in [-0.15, -0.1) is 0 Å². The molecule has 0 heterocycles. The Hall–Kier alpha value is -1.78. The maximum absolute atomic E-state index is 12.6. The first-order valence-corrected chi connectivity index (χ1v) is 24.7. The van der Waals surface area contributed by atoms with Crippen LogP contribution in [0.3, 0.4) is 0 Å². The number of carboxylic acids is 1. The minimum absolute atomic E-state index is 0.155. The van der Waals surface area contributed by atoms with Gasteiger partial charge in [0.15, 0.2) is 6.10 Å². The zero-order valence-electron chi connectivity index (χ0n) is 36.5. The number of carbonyl (C=O) groups is 3. The summed E-state index contributed by atoms with van der Waals surface area (Å²) in [4.78, 5) is 46.0. The maximum atomic E-state index is 12.6. The lowest BCUT2D eigenvalue weighted by molar-refractivity contribution is -0.161. The molecule has 3 unspecified atom stereocenters. The highest BCUT2D eigenvalue weighted by molar-refractivity contribution is 7.47. The molecule has 0 saturated carbocycles. The molecule has 0 bridgehead atoms. The van der Waals surface area contributed by atoms with Gasteiger partial charge in [-0.05, 0) is 38.5 Å². The van der Waals surface area contributed by atoms with Crippen LogP contribution in [0, 0.1) is 0 Å². The molecule has 0 radical (unpaired) electrons. The monoisotopic (exact) mass is 832 g/mol. The van der Waals surface area contributed by atoms with Gasteiger partial charge >= 0.3 is 25.7 Å². The number of aliphatic carboxylic acids is 1. The Bertz CT molecular complexity index is 1030. The lowest BCUT2D eigenvalue weighted by Gasteiger charge is -2.20. The molecule has 0 amide bonds. The molecule has 4 N–H and O–H groups in total. The quantitative estimate of drug-likeness (QED) is 0.0231. The average molecular weight is 832 g/mol. The van der Waals surface area contributed by atoms with Crippen molar-refractivity contribution in [1.29, 1.82) is 0 Å². The Kier molecular flexibility index (Phi) is 39.7. The highest BCUT2D eigenvalue weighted by atomic mass is 31.2. The summed E-state index contributed by atoms with van der Waals surface area (Å²) in [6, 6.07) is -1.52. The number of phosphoric ester groups is 1. The van der Waals surface area contributed by atoms with Gasteiger partial charge in [0, 0.05) is 12.8 Å². The summed E-state index contributed by atoms with van der Waals surface area (Å²) in [6.07, 6.45) is 41.3. The first-order chi connectivity index (χ1) is 27.6. The number of phosphoric acid groups is 1. The molecule has 336 valence electrons. The van der Waals surface area contributed by atoms with Crippen LogP contribution in [-0.2, 0) is 37.5 Å². The van der Waals surface area contributed by atoms with Gasteiger partial charge in [-0.1, -0.05) is 187 Å². The van der Waals surface area contributed by atoms with Crippen LogP contribution in [0.4, 0.5) is 0 Å². The minimum atomic E-state index is -4.71. The highest BCUT2D eigenvalue weighted by Gasteiger charge is 2.28. The number of carbonyl (C=O) groups excluding carboxylic acids is 2. The molecule has 0 aromatic rings. The second kappa shape index (κ2) is 41.0. The second-order valence-corrected chi connectivity index (χ2v) is 17.3. The van der Waals surface area contributed by atoms with E-state index in [0.717, 1.165) is 57.8 Å². The van der Waals surface area contributed by atoms with Crippen LogP contribution in [0.5, 0.6) is 0 Å². The van der Waals surface area contributed by atoms with E-state index in [1.165, 1.54) is 128 Å². The van der Waals surface area contributed by atoms with Crippen LogP contribution in [0.1, 0.15) is 226 Å². The third-order valence-corrected chi connectivity index (χ3v) is 11.2. The first kappa shape index (κ1) is 55.2. The van der Waals surface area contributed by atoms with Crippen molar-refractivity contribution in [3.8, 4) is 0 Å². The number of nitrogens with two attached hydrogens (primary N) is 1. The van der Waals surface area contributed by atoms with Crippen molar-refractivity contribution in [3.05, 3.63) is 12.2 Å². The second-order valence-electron chi connectivity index (χ2n) is 15.9. The lowest BCUT2D eigenvalue weighted by Crippen LogP contribution is -2.34. The number of rotatable bonds is 44. The number of allylic oxidation sites excluding steroid dienone is 2. The van der Waals surface area contributed by atoms with Crippen LogP contribution >= 0.6 is 7.82 Å². The summed E-state index contributed by atoms with van der Waals surface area (Å²) in [6.45, 7) is 2.82. The van der Waals surface area contributed by atoms with E-state index >= 15 is 0 Å². The summed E-state index contributed by atoms with van der Waals surface area (Å²) in [7, 11) is -4.71. The Balaban J connectivity index is 4.29. The fourth-order valence-corrected chi connectivity index (χ4v) is 7.37. The fourth-order valence-electron chi connectivity index (χ4n) is 6.59. The smallest absolute Gasteiger partial charge is 0.472 e. The van der Waals surface area contributed by atoms with E-state index in [1.54, 1.807) is 0 Å². The van der Waals surface area contributed by atoms with E-state index in [-0.39, 0.29) is 19.4 Å². The Labute approximate surface area is 348 Å². The molecule has 0 aliphatic rings. The molecular formula is C45H86NO10P. The molecule has 0 aromatic carbocycles. The molecule has 11 nitrogen and oxygen atoms in total. The molecule has 0 rings (SSSR count). The number of hydrogen-bond donors (Lipinski definition) is 3. The molecule has 0 aromatic heterocycles. The van der Waals surface area contributed by atoms with Crippen LogP contribution in [-0.4, -0.2) is 59.9 Å². The van der Waals surface area contributed by atoms with Crippen molar-refractivity contribution >= 4 is 25.7 Å². The highest BCUT2D eigenvalue weighted by Crippen LogP contribution is 2.43. The third kappa shape index (κ3) is 40.8. The molecule has 0 aliphatic heterocycles. The molecule has 0 spiro atoms. The largest absolute Gasteiger partial charge is 0.480 e. The van der Waals surface area contributed by atoms with E-state index in [9.17, 15) is 23.8 Å². The predicted octanol–water partition coefficient (Wildman–Crippen LogP) is 12.5. The van der Waals surface area contributed by atoms with Crippen LogP contribution < -0.4 is 5.73 Å². The van der Waals surface area contributed by atoms with Gasteiger partial charge < -0.3 is 25.2 Å². The number of hydrogen-bond acceptors (Lipinski definition) is 9. The SMILES string of the molecule is CCCCCCCC/C=C\CCCCCCCC(=O)OC(COC(=O)CCCCCCCCCCCCCCCCCCCC)COP(=O)(O)OCC(N)C(=O)O. The predicted molar refractivity (Wildman–Crippen MR) is 231 cm³/mol. The van der Waals surface area contributed by atoms with Crippen molar-refractivity contribution in [2.45, 2.75) is 238 Å². The van der Waals surface area contributed by atoms with Crippen LogP contribution in [0.2, 0.25) is 0 Å². The summed E-state index contributed by atoms with van der Waals surface area (Å²) in [5.41, 5.74) is 5.34. The maximum Gasteiger partial charge on any atom is 0.472 e. The van der Waals surface area contributed by atoms with E-state index in [2.05, 4.69) is 30.5 Å². The Morgan fingerprint density at radius 3 is 1.28 bits per heavy atom. The third-order valence-electron chi connectivity index (χ3n) is 10.3. The minimum Gasteiger partial charge on any atom is -0.480 e. The van der Waals surface area contributed by atoms with Crippen molar-refractivity contribution in [3.63, 3.8) is 0 Å². The van der Waals surface area contributed by atoms with E-state index in [0.29, 0.717) is 12.8 Å². The molecule has 0 aliphatic carbocycles. The van der Waals surface area contributed by atoms with Crippen LogP contribution in [0.25, 0.3) is 0 Å². The number of unbranched alkanes of at least 4 members (excludes halogenated alkanes) is 28. The molecular weight excluding hydrogens is 745 g/mol. The van der Waals surface area contributed by atoms with Gasteiger partial charge in [0.25, 0.3) is 0 Å². The van der Waals surface area contributed by atoms with Crippen LogP contribution in [0.15, 0.2) is 12.2 Å². The van der Waals surface area contributed by atoms with Crippen molar-refractivity contribution < 1.29 is 47.5 Å². The molecule has 12 heteroatoms. The van der Waals surface area contributed by atoms with E-state index in [4.69, 9.17) is 24.8 Å². The zero-order valence-corrected chi connectivity index (χ0v) is 37.3.